The van der Waals surface area contributed by atoms with Crippen molar-refractivity contribution in [3.8, 4) is 0 Å². The molecule has 0 unspecified atom stereocenters. The van der Waals surface area contributed by atoms with Crippen molar-refractivity contribution in [2.75, 3.05) is 13.2 Å². The molecule has 118 valence electrons. The SMILES string of the molecule is O=C([C@@H]1CCCO1)N(Cc1ccccn1)C[C@@H]1CC=CCC1. The first kappa shape index (κ1) is 15.2. The number of hydrogen-bond acceptors (Lipinski definition) is 3. The molecular formula is C18H24N2O2. The minimum absolute atomic E-state index is 0.137. The number of allylic oxidation sites excluding steroid dienone is 2. The topological polar surface area (TPSA) is 42.4 Å². The molecule has 0 radical (unpaired) electrons. The third-order valence-electron chi connectivity index (χ3n) is 4.45. The molecule has 2 heterocycles. The van der Waals surface area contributed by atoms with Gasteiger partial charge < -0.3 is 9.64 Å². The van der Waals surface area contributed by atoms with Crippen LogP contribution in [0, 0.1) is 5.92 Å². The Bertz CT molecular complexity index is 509. The molecule has 4 heteroatoms. The summed E-state index contributed by atoms with van der Waals surface area (Å²) in [6, 6.07) is 5.86. The minimum Gasteiger partial charge on any atom is -0.368 e. The second-order valence-corrected chi connectivity index (χ2v) is 6.19. The molecule has 1 aliphatic carbocycles. The second kappa shape index (κ2) is 7.54. The van der Waals surface area contributed by atoms with Crippen molar-refractivity contribution in [1.82, 2.24) is 9.88 Å². The van der Waals surface area contributed by atoms with Gasteiger partial charge in [-0.25, -0.2) is 0 Å². The van der Waals surface area contributed by atoms with Gasteiger partial charge in [-0.15, -0.1) is 0 Å². The zero-order valence-corrected chi connectivity index (χ0v) is 13.0. The van der Waals surface area contributed by atoms with E-state index in [9.17, 15) is 4.79 Å². The lowest BCUT2D eigenvalue weighted by molar-refractivity contribution is -0.142. The van der Waals surface area contributed by atoms with Crippen molar-refractivity contribution in [2.24, 2.45) is 5.92 Å². The smallest absolute Gasteiger partial charge is 0.252 e. The summed E-state index contributed by atoms with van der Waals surface area (Å²) in [5.41, 5.74) is 0.945. The fourth-order valence-electron chi connectivity index (χ4n) is 3.23. The first-order valence-corrected chi connectivity index (χ1v) is 8.28. The van der Waals surface area contributed by atoms with Crippen LogP contribution in [0.25, 0.3) is 0 Å². The fraction of sp³-hybridized carbons (Fsp3) is 0.556. The van der Waals surface area contributed by atoms with Crippen LogP contribution in [0.2, 0.25) is 0 Å². The molecule has 1 amide bonds. The number of hydrogen-bond donors (Lipinski definition) is 0. The van der Waals surface area contributed by atoms with Crippen LogP contribution in [0.3, 0.4) is 0 Å². The van der Waals surface area contributed by atoms with Gasteiger partial charge >= 0.3 is 0 Å². The predicted octanol–water partition coefficient (Wildman–Crippen LogP) is 2.95. The summed E-state index contributed by atoms with van der Waals surface area (Å²) in [4.78, 5) is 19.1. The van der Waals surface area contributed by atoms with E-state index in [2.05, 4.69) is 17.1 Å². The van der Waals surface area contributed by atoms with Crippen LogP contribution >= 0.6 is 0 Å². The van der Waals surface area contributed by atoms with Crippen molar-refractivity contribution in [3.05, 3.63) is 42.2 Å². The summed E-state index contributed by atoms with van der Waals surface area (Å²) >= 11 is 0. The second-order valence-electron chi connectivity index (χ2n) is 6.19. The van der Waals surface area contributed by atoms with Gasteiger partial charge in [0.05, 0.1) is 12.2 Å². The molecule has 0 spiro atoms. The average Bonchev–Trinajstić information content (AvgIpc) is 3.10. The van der Waals surface area contributed by atoms with E-state index >= 15 is 0 Å². The van der Waals surface area contributed by atoms with E-state index in [1.165, 1.54) is 0 Å². The molecule has 2 aliphatic rings. The van der Waals surface area contributed by atoms with E-state index in [0.717, 1.165) is 44.3 Å². The summed E-state index contributed by atoms with van der Waals surface area (Å²) in [6.45, 7) is 2.10. The summed E-state index contributed by atoms with van der Waals surface area (Å²) in [6.07, 6.45) is 11.2. The predicted molar refractivity (Wildman–Crippen MR) is 85.1 cm³/mol. The zero-order chi connectivity index (χ0) is 15.2. The number of carbonyl (C=O) groups is 1. The highest BCUT2D eigenvalue weighted by molar-refractivity contribution is 5.81. The summed E-state index contributed by atoms with van der Waals surface area (Å²) in [5, 5.41) is 0. The molecule has 0 bridgehead atoms. The van der Waals surface area contributed by atoms with Gasteiger partial charge in [0.15, 0.2) is 0 Å². The molecule has 1 saturated heterocycles. The highest BCUT2D eigenvalue weighted by Crippen LogP contribution is 2.22. The van der Waals surface area contributed by atoms with Crippen LogP contribution in [0.4, 0.5) is 0 Å². The zero-order valence-electron chi connectivity index (χ0n) is 13.0. The number of nitrogens with zero attached hydrogens (tertiary/aromatic N) is 2. The Kier molecular flexibility index (Phi) is 5.22. The molecule has 1 fully saturated rings. The third kappa shape index (κ3) is 3.95. The van der Waals surface area contributed by atoms with Crippen LogP contribution in [0.1, 0.15) is 37.8 Å². The van der Waals surface area contributed by atoms with E-state index in [0.29, 0.717) is 19.1 Å². The largest absolute Gasteiger partial charge is 0.368 e. The van der Waals surface area contributed by atoms with E-state index in [1.807, 2.05) is 23.1 Å². The maximum Gasteiger partial charge on any atom is 0.252 e. The molecule has 1 aromatic rings. The van der Waals surface area contributed by atoms with Gasteiger partial charge in [-0.1, -0.05) is 18.2 Å². The van der Waals surface area contributed by atoms with Gasteiger partial charge in [-0.05, 0) is 50.2 Å². The van der Waals surface area contributed by atoms with Gasteiger partial charge in [0.2, 0.25) is 0 Å². The third-order valence-corrected chi connectivity index (χ3v) is 4.45. The van der Waals surface area contributed by atoms with Crippen LogP contribution in [-0.2, 0) is 16.1 Å². The average molecular weight is 300 g/mol. The van der Waals surface area contributed by atoms with E-state index in [-0.39, 0.29) is 12.0 Å². The monoisotopic (exact) mass is 300 g/mol. The number of aromatic nitrogens is 1. The van der Waals surface area contributed by atoms with Crippen molar-refractivity contribution < 1.29 is 9.53 Å². The Labute approximate surface area is 132 Å². The lowest BCUT2D eigenvalue weighted by Crippen LogP contribution is -2.41. The normalized spacial score (nSPS) is 24.4. The number of pyridine rings is 1. The van der Waals surface area contributed by atoms with Gasteiger partial charge in [0.1, 0.15) is 6.10 Å². The number of ether oxygens (including phenoxy) is 1. The Morgan fingerprint density at radius 1 is 1.32 bits per heavy atom. The summed E-state index contributed by atoms with van der Waals surface area (Å²) < 4.78 is 5.60. The fourth-order valence-corrected chi connectivity index (χ4v) is 3.23. The quantitative estimate of drug-likeness (QED) is 0.785. The maximum absolute atomic E-state index is 12.8. The summed E-state index contributed by atoms with van der Waals surface area (Å²) in [5.74, 6) is 0.691. The van der Waals surface area contributed by atoms with Crippen LogP contribution < -0.4 is 0 Å². The van der Waals surface area contributed by atoms with Crippen molar-refractivity contribution in [2.45, 2.75) is 44.8 Å². The molecule has 0 saturated carbocycles. The van der Waals surface area contributed by atoms with E-state index < -0.39 is 0 Å². The Hall–Kier alpha value is -1.68. The van der Waals surface area contributed by atoms with Crippen LogP contribution in [0.5, 0.6) is 0 Å². The Morgan fingerprint density at radius 3 is 2.95 bits per heavy atom. The highest BCUT2D eigenvalue weighted by atomic mass is 16.5. The van der Waals surface area contributed by atoms with Gasteiger partial charge in [-0.2, -0.15) is 0 Å². The molecular weight excluding hydrogens is 276 g/mol. The van der Waals surface area contributed by atoms with Crippen LogP contribution in [0.15, 0.2) is 36.5 Å². The van der Waals surface area contributed by atoms with Crippen molar-refractivity contribution >= 4 is 5.91 Å². The maximum atomic E-state index is 12.8. The molecule has 4 nitrogen and oxygen atoms in total. The Balaban J connectivity index is 1.69. The van der Waals surface area contributed by atoms with Gasteiger partial charge in [-0.3, -0.25) is 9.78 Å². The first-order valence-electron chi connectivity index (χ1n) is 8.28. The molecule has 1 aliphatic heterocycles. The molecule has 22 heavy (non-hydrogen) atoms. The molecule has 0 aromatic carbocycles. The van der Waals surface area contributed by atoms with Crippen LogP contribution in [-0.4, -0.2) is 35.0 Å². The first-order chi connectivity index (χ1) is 10.8. The lowest BCUT2D eigenvalue weighted by Gasteiger charge is -2.30. The van der Waals surface area contributed by atoms with Crippen molar-refractivity contribution in [1.29, 1.82) is 0 Å². The molecule has 2 atom stereocenters. The van der Waals surface area contributed by atoms with E-state index in [4.69, 9.17) is 4.74 Å². The van der Waals surface area contributed by atoms with Gasteiger partial charge in [0.25, 0.3) is 5.91 Å². The van der Waals surface area contributed by atoms with Gasteiger partial charge in [0, 0.05) is 19.3 Å². The molecule has 0 N–H and O–H groups in total. The van der Waals surface area contributed by atoms with E-state index in [1.54, 1.807) is 6.20 Å². The number of carbonyl (C=O) groups excluding carboxylic acids is 1. The summed E-state index contributed by atoms with van der Waals surface area (Å²) in [7, 11) is 0. The molecule has 1 aromatic heterocycles. The molecule has 3 rings (SSSR count). The number of rotatable bonds is 5. The highest BCUT2D eigenvalue weighted by Gasteiger charge is 2.29. The minimum atomic E-state index is -0.247. The Morgan fingerprint density at radius 2 is 2.27 bits per heavy atom. The lowest BCUT2D eigenvalue weighted by atomic mass is 9.93. The number of amides is 1. The standard InChI is InChI=1S/C18H24N2O2/c21-18(17-10-6-12-22-17)20(13-15-7-2-1-3-8-15)14-16-9-4-5-11-19-16/h1-2,4-5,9,11,15,17H,3,6-8,10,12-14H2/t15-,17+/m1/s1. The van der Waals surface area contributed by atoms with Crippen molar-refractivity contribution in [3.63, 3.8) is 0 Å².